The van der Waals surface area contributed by atoms with Gasteiger partial charge < -0.3 is 20.6 Å². The molecule has 0 aromatic rings. The van der Waals surface area contributed by atoms with Gasteiger partial charge in [0.05, 0.1) is 5.41 Å². The van der Waals surface area contributed by atoms with E-state index in [1.165, 1.54) is 4.90 Å². The Labute approximate surface area is 112 Å². The second kappa shape index (κ2) is 6.40. The average Bonchev–Trinajstić information content (AvgIpc) is 3.14. The van der Waals surface area contributed by atoms with Crippen LogP contribution in [-0.2, 0) is 9.59 Å². The lowest BCUT2D eigenvalue weighted by Crippen LogP contribution is -2.47. The summed E-state index contributed by atoms with van der Waals surface area (Å²) in [6, 6.07) is -0.402. The molecule has 1 rings (SSSR count). The molecule has 108 valence electrons. The van der Waals surface area contributed by atoms with E-state index in [1.807, 2.05) is 0 Å². The molecule has 1 saturated carbocycles. The maximum atomic E-state index is 11.9. The van der Waals surface area contributed by atoms with Gasteiger partial charge in [0.1, 0.15) is 6.54 Å². The van der Waals surface area contributed by atoms with E-state index in [1.54, 1.807) is 13.8 Å². The monoisotopic (exact) mass is 271 g/mol. The van der Waals surface area contributed by atoms with E-state index in [4.69, 9.17) is 5.11 Å². The molecule has 3 amide bonds. The van der Waals surface area contributed by atoms with E-state index in [0.717, 1.165) is 0 Å². The number of aliphatic carboxylic acids is 1. The summed E-state index contributed by atoms with van der Waals surface area (Å²) in [6.45, 7) is 4.58. The first-order chi connectivity index (χ1) is 8.95. The molecule has 19 heavy (non-hydrogen) atoms. The second-order valence-corrected chi connectivity index (χ2v) is 4.71. The zero-order chi connectivity index (χ0) is 14.5. The Morgan fingerprint density at radius 1 is 1.21 bits per heavy atom. The van der Waals surface area contributed by atoms with Crippen molar-refractivity contribution in [3.63, 3.8) is 0 Å². The molecule has 0 atom stereocenters. The summed E-state index contributed by atoms with van der Waals surface area (Å²) in [5, 5.41) is 14.2. The molecule has 1 aliphatic rings. The number of amides is 3. The smallest absolute Gasteiger partial charge is 0.317 e. The van der Waals surface area contributed by atoms with Crippen LogP contribution >= 0.6 is 0 Å². The van der Waals surface area contributed by atoms with Crippen molar-refractivity contribution in [3.05, 3.63) is 0 Å². The fraction of sp³-hybridized carbons (Fsp3) is 0.750. The molecule has 0 heterocycles. The number of hydrogen-bond donors (Lipinski definition) is 3. The fourth-order valence-electron chi connectivity index (χ4n) is 1.73. The summed E-state index contributed by atoms with van der Waals surface area (Å²) in [4.78, 5) is 35.6. The van der Waals surface area contributed by atoms with Crippen molar-refractivity contribution in [1.82, 2.24) is 15.5 Å². The molecule has 7 heteroatoms. The summed E-state index contributed by atoms with van der Waals surface area (Å²) in [7, 11) is 0. The molecule has 1 fully saturated rings. The molecular weight excluding hydrogens is 250 g/mol. The number of nitrogens with one attached hydrogen (secondary N) is 2. The van der Waals surface area contributed by atoms with Crippen LogP contribution in [0, 0.1) is 5.41 Å². The minimum atomic E-state index is -0.875. The predicted octanol–water partition coefficient (Wildman–Crippen LogP) is 0.0188. The van der Waals surface area contributed by atoms with E-state index in [2.05, 4.69) is 10.6 Å². The number of nitrogens with zero attached hydrogens (tertiary/aromatic N) is 1. The lowest BCUT2D eigenvalue weighted by molar-refractivity contribution is -0.143. The first kappa shape index (κ1) is 15.3. The SMILES string of the molecule is CCNC(=O)CN(CC)C(=O)NCC1(C(=O)O)CC1. The summed E-state index contributed by atoms with van der Waals surface area (Å²) in [5.41, 5.74) is -0.791. The van der Waals surface area contributed by atoms with Gasteiger partial charge in [-0.1, -0.05) is 0 Å². The third kappa shape index (κ3) is 4.11. The van der Waals surface area contributed by atoms with Crippen molar-refractivity contribution < 1.29 is 19.5 Å². The van der Waals surface area contributed by atoms with E-state index >= 15 is 0 Å². The van der Waals surface area contributed by atoms with Crippen molar-refractivity contribution >= 4 is 17.9 Å². The first-order valence-corrected chi connectivity index (χ1v) is 6.48. The van der Waals surface area contributed by atoms with Crippen molar-refractivity contribution in [2.75, 3.05) is 26.2 Å². The molecule has 0 radical (unpaired) electrons. The van der Waals surface area contributed by atoms with Crippen LogP contribution in [0.2, 0.25) is 0 Å². The van der Waals surface area contributed by atoms with Crippen molar-refractivity contribution in [2.24, 2.45) is 5.41 Å². The average molecular weight is 271 g/mol. The maximum Gasteiger partial charge on any atom is 0.317 e. The molecule has 0 saturated heterocycles. The number of hydrogen-bond acceptors (Lipinski definition) is 3. The molecule has 0 aromatic heterocycles. The lowest BCUT2D eigenvalue weighted by Gasteiger charge is -2.22. The Bertz CT molecular complexity index is 366. The zero-order valence-electron chi connectivity index (χ0n) is 11.4. The third-order valence-corrected chi connectivity index (χ3v) is 3.26. The highest BCUT2D eigenvalue weighted by Gasteiger charge is 2.50. The van der Waals surface area contributed by atoms with E-state index in [0.29, 0.717) is 25.9 Å². The van der Waals surface area contributed by atoms with Crippen LogP contribution in [0.3, 0.4) is 0 Å². The van der Waals surface area contributed by atoms with Gasteiger partial charge in [0.25, 0.3) is 0 Å². The van der Waals surface area contributed by atoms with E-state index < -0.39 is 17.4 Å². The largest absolute Gasteiger partial charge is 0.481 e. The number of carbonyl (C=O) groups is 3. The number of carboxylic acids is 1. The highest BCUT2D eigenvalue weighted by Crippen LogP contribution is 2.45. The van der Waals surface area contributed by atoms with Crippen molar-refractivity contribution in [1.29, 1.82) is 0 Å². The Morgan fingerprint density at radius 2 is 1.84 bits per heavy atom. The molecule has 1 aliphatic carbocycles. The van der Waals surface area contributed by atoms with Gasteiger partial charge in [-0.2, -0.15) is 0 Å². The van der Waals surface area contributed by atoms with Crippen LogP contribution in [-0.4, -0.2) is 54.1 Å². The summed E-state index contributed by atoms with van der Waals surface area (Å²) < 4.78 is 0. The minimum Gasteiger partial charge on any atom is -0.481 e. The summed E-state index contributed by atoms with van der Waals surface area (Å²) in [5.74, 6) is -1.10. The van der Waals surface area contributed by atoms with Crippen molar-refractivity contribution in [2.45, 2.75) is 26.7 Å². The van der Waals surface area contributed by atoms with E-state index in [9.17, 15) is 14.4 Å². The van der Waals surface area contributed by atoms with Gasteiger partial charge in [-0.05, 0) is 26.7 Å². The van der Waals surface area contributed by atoms with Gasteiger partial charge in [-0.15, -0.1) is 0 Å². The summed E-state index contributed by atoms with van der Waals surface area (Å²) in [6.07, 6.45) is 1.18. The quantitative estimate of drug-likeness (QED) is 0.608. The number of carboxylic acid groups (broad SMARTS) is 1. The molecular formula is C12H21N3O4. The first-order valence-electron chi connectivity index (χ1n) is 6.48. The highest BCUT2D eigenvalue weighted by atomic mass is 16.4. The molecule has 0 aliphatic heterocycles. The highest BCUT2D eigenvalue weighted by molar-refractivity contribution is 5.84. The number of likely N-dealkylation sites (N-methyl/N-ethyl adjacent to an activating group) is 2. The van der Waals surface area contributed by atoms with Crippen LogP contribution < -0.4 is 10.6 Å². The Morgan fingerprint density at radius 3 is 2.26 bits per heavy atom. The third-order valence-electron chi connectivity index (χ3n) is 3.26. The van der Waals surface area contributed by atoms with Gasteiger partial charge in [0.2, 0.25) is 5.91 Å². The van der Waals surface area contributed by atoms with Crippen molar-refractivity contribution in [3.8, 4) is 0 Å². The van der Waals surface area contributed by atoms with Gasteiger partial charge in [0.15, 0.2) is 0 Å². The molecule has 0 bridgehead atoms. The number of carbonyl (C=O) groups excluding carboxylic acids is 2. The molecule has 0 spiro atoms. The Hall–Kier alpha value is -1.79. The predicted molar refractivity (Wildman–Crippen MR) is 68.6 cm³/mol. The second-order valence-electron chi connectivity index (χ2n) is 4.71. The zero-order valence-corrected chi connectivity index (χ0v) is 11.4. The van der Waals surface area contributed by atoms with Crippen LogP contribution in [0.4, 0.5) is 4.79 Å². The topological polar surface area (TPSA) is 98.7 Å². The molecule has 0 unspecified atom stereocenters. The Kier molecular flexibility index (Phi) is 5.14. The van der Waals surface area contributed by atoms with Gasteiger partial charge >= 0.3 is 12.0 Å². The van der Waals surface area contributed by atoms with Crippen LogP contribution in [0.15, 0.2) is 0 Å². The Balaban J connectivity index is 2.42. The molecule has 3 N–H and O–H groups in total. The summed E-state index contributed by atoms with van der Waals surface area (Å²) >= 11 is 0. The van der Waals surface area contributed by atoms with Gasteiger partial charge in [-0.25, -0.2) is 4.79 Å². The minimum absolute atomic E-state index is 0.0176. The molecule has 7 nitrogen and oxygen atoms in total. The fourth-order valence-corrected chi connectivity index (χ4v) is 1.73. The number of rotatable bonds is 7. The van der Waals surface area contributed by atoms with Gasteiger partial charge in [-0.3, -0.25) is 9.59 Å². The van der Waals surface area contributed by atoms with E-state index in [-0.39, 0.29) is 19.0 Å². The molecule has 0 aromatic carbocycles. The maximum absolute atomic E-state index is 11.9. The van der Waals surface area contributed by atoms with Crippen LogP contribution in [0.25, 0.3) is 0 Å². The van der Waals surface area contributed by atoms with Gasteiger partial charge in [0, 0.05) is 19.6 Å². The number of urea groups is 1. The van der Waals surface area contributed by atoms with Crippen LogP contribution in [0.1, 0.15) is 26.7 Å². The van der Waals surface area contributed by atoms with Crippen LogP contribution in [0.5, 0.6) is 0 Å². The lowest BCUT2D eigenvalue weighted by atomic mass is 10.1. The normalized spacial score (nSPS) is 15.5. The standard InChI is InChI=1S/C12H21N3O4/c1-3-13-9(16)7-15(4-2)11(19)14-8-12(5-6-12)10(17)18/h3-8H2,1-2H3,(H,13,16)(H,14,19)(H,17,18).